The second-order valence-electron chi connectivity index (χ2n) is 17.8. The van der Waals surface area contributed by atoms with Crippen LogP contribution in [0, 0.1) is 17.2 Å². The summed E-state index contributed by atoms with van der Waals surface area (Å²) in [5, 5.41) is 0. The Morgan fingerprint density at radius 3 is 1.89 bits per heavy atom. The van der Waals surface area contributed by atoms with Crippen LogP contribution in [0.3, 0.4) is 0 Å². The van der Waals surface area contributed by atoms with Crippen molar-refractivity contribution in [2.45, 2.75) is 124 Å². The van der Waals surface area contributed by atoms with Crippen LogP contribution in [-0.4, -0.2) is 55.8 Å². The predicted octanol–water partition coefficient (Wildman–Crippen LogP) is 13.0. The SMILES string of the molecule is C=C(C)C(=O)OCCCc1cc(-c2ccc(C3CCC(CCCCC)CC3)cc2F)c(CC)cc1-c1ccc(OCC(CS)(COC(=O)C(=C)C)COC(=O)C(=C)C)c(CCCS)c1. The van der Waals surface area contributed by atoms with Crippen LogP contribution in [0.5, 0.6) is 5.75 Å². The third-order valence-corrected chi connectivity index (χ3v) is 13.2. The van der Waals surface area contributed by atoms with E-state index < -0.39 is 23.3 Å². The molecule has 1 fully saturated rings. The Hall–Kier alpha value is -4.28. The van der Waals surface area contributed by atoms with Gasteiger partial charge >= 0.3 is 17.9 Å². The molecule has 0 bridgehead atoms. The molecule has 0 aliphatic heterocycles. The van der Waals surface area contributed by atoms with Gasteiger partial charge in [-0.2, -0.15) is 25.3 Å². The number of hydrogen-bond donors (Lipinski definition) is 2. The normalized spacial score (nSPS) is 15.0. The molecule has 0 saturated heterocycles. The zero-order valence-electron chi connectivity index (χ0n) is 39.0. The summed E-state index contributed by atoms with van der Waals surface area (Å²) < 4.78 is 39.6. The molecule has 0 amide bonds. The second-order valence-corrected chi connectivity index (χ2v) is 18.6. The molecule has 0 radical (unpaired) electrons. The van der Waals surface area contributed by atoms with Gasteiger partial charge in [0.05, 0.1) is 12.0 Å². The predicted molar refractivity (Wildman–Crippen MR) is 265 cm³/mol. The lowest BCUT2D eigenvalue weighted by Crippen LogP contribution is -2.41. The highest BCUT2D eigenvalue weighted by molar-refractivity contribution is 7.80. The number of carbonyl (C=O) groups is 3. The van der Waals surface area contributed by atoms with Crippen molar-refractivity contribution in [3.63, 3.8) is 0 Å². The van der Waals surface area contributed by atoms with Gasteiger partial charge < -0.3 is 18.9 Å². The highest BCUT2D eigenvalue weighted by Gasteiger charge is 2.35. The first kappa shape index (κ1) is 52.3. The van der Waals surface area contributed by atoms with Crippen molar-refractivity contribution in [3.8, 4) is 28.0 Å². The monoisotopic (exact) mass is 914 g/mol. The highest BCUT2D eigenvalue weighted by Crippen LogP contribution is 2.41. The van der Waals surface area contributed by atoms with Crippen LogP contribution in [0.25, 0.3) is 22.3 Å². The fraction of sp³-hybridized carbons (Fsp3) is 0.500. The van der Waals surface area contributed by atoms with E-state index in [1.165, 1.54) is 38.5 Å². The van der Waals surface area contributed by atoms with Crippen LogP contribution in [0.4, 0.5) is 4.39 Å². The summed E-state index contributed by atoms with van der Waals surface area (Å²) in [4.78, 5) is 37.2. The molecule has 7 nitrogen and oxygen atoms in total. The molecule has 3 aromatic rings. The van der Waals surface area contributed by atoms with E-state index in [9.17, 15) is 14.4 Å². The summed E-state index contributed by atoms with van der Waals surface area (Å²) >= 11 is 9.11. The summed E-state index contributed by atoms with van der Waals surface area (Å²) in [6, 6.07) is 16.2. The Kier molecular flexibility index (Phi) is 21.3. The van der Waals surface area contributed by atoms with E-state index in [0.29, 0.717) is 54.2 Å². The lowest BCUT2D eigenvalue weighted by molar-refractivity contribution is -0.149. The van der Waals surface area contributed by atoms with Gasteiger partial charge in [0.1, 0.15) is 31.4 Å². The standard InChI is InChI=1S/C54H71FO7S2/c1-9-11-12-15-39-18-20-41(21-19-39)42-22-24-46(49(55)31-42)48-30-43(16-13-26-59-51(56)36(3)4)47(29-40(48)10-2)44-23-25-50(45(28-44)17-14-27-63)60-32-54(35-64,33-61-52(57)37(5)6)34-62-53(58)38(7)8/h22-25,28-31,39,41,63-64H,3,5,7,9-21,26-27,32-35H2,1-2,4,6,8H3. The number of carbonyl (C=O) groups excluding carboxylic acids is 3. The van der Waals surface area contributed by atoms with Crippen molar-refractivity contribution < 1.29 is 37.7 Å². The van der Waals surface area contributed by atoms with Gasteiger partial charge in [-0.3, -0.25) is 0 Å². The summed E-state index contributed by atoms with van der Waals surface area (Å²) in [6.07, 6.45) is 13.1. The number of unbranched alkanes of at least 4 members (excludes halogenated alkanes) is 2. The van der Waals surface area contributed by atoms with Crippen LogP contribution in [0.1, 0.15) is 127 Å². The number of esters is 3. The van der Waals surface area contributed by atoms with E-state index in [1.54, 1.807) is 26.8 Å². The van der Waals surface area contributed by atoms with Gasteiger partial charge in [0.2, 0.25) is 0 Å². The van der Waals surface area contributed by atoms with E-state index in [0.717, 1.165) is 64.1 Å². The third kappa shape index (κ3) is 15.1. The largest absolute Gasteiger partial charge is 0.492 e. The van der Waals surface area contributed by atoms with Crippen molar-refractivity contribution in [1.29, 1.82) is 0 Å². The first-order valence-corrected chi connectivity index (χ1v) is 24.3. The lowest BCUT2D eigenvalue weighted by Gasteiger charge is -2.31. The van der Waals surface area contributed by atoms with Gasteiger partial charge in [-0.15, -0.1) is 0 Å². The number of thiol groups is 2. The third-order valence-electron chi connectivity index (χ3n) is 12.3. The van der Waals surface area contributed by atoms with E-state index in [2.05, 4.69) is 83.1 Å². The molecule has 0 heterocycles. The number of benzene rings is 3. The minimum atomic E-state index is -0.980. The van der Waals surface area contributed by atoms with E-state index in [4.69, 9.17) is 18.9 Å². The van der Waals surface area contributed by atoms with Gasteiger partial charge in [0.15, 0.2) is 0 Å². The molecule has 0 N–H and O–H groups in total. The molecule has 1 saturated carbocycles. The van der Waals surface area contributed by atoms with Gasteiger partial charge in [-0.25, -0.2) is 18.8 Å². The fourth-order valence-electron chi connectivity index (χ4n) is 8.26. The van der Waals surface area contributed by atoms with Gasteiger partial charge in [0.25, 0.3) is 0 Å². The minimum absolute atomic E-state index is 0.0319. The van der Waals surface area contributed by atoms with Crippen LogP contribution >= 0.6 is 25.3 Å². The first-order chi connectivity index (χ1) is 30.6. The molecule has 4 rings (SSSR count). The van der Waals surface area contributed by atoms with Crippen LogP contribution < -0.4 is 4.74 Å². The molecule has 3 aromatic carbocycles. The number of hydrogen-bond acceptors (Lipinski definition) is 9. The zero-order valence-corrected chi connectivity index (χ0v) is 40.7. The number of ether oxygens (including phenoxy) is 4. The summed E-state index contributed by atoms with van der Waals surface area (Å²) in [6.45, 7) is 20.2. The molecular formula is C54H71FO7S2. The Balaban J connectivity index is 1.71. The maximum atomic E-state index is 16.4. The zero-order chi connectivity index (χ0) is 46.8. The molecule has 64 heavy (non-hydrogen) atoms. The molecule has 0 spiro atoms. The molecule has 1 aliphatic carbocycles. The molecule has 0 aromatic heterocycles. The van der Waals surface area contributed by atoms with Gasteiger partial charge in [-0.05, 0) is 153 Å². The van der Waals surface area contributed by atoms with E-state index >= 15 is 4.39 Å². The minimum Gasteiger partial charge on any atom is -0.492 e. The van der Waals surface area contributed by atoms with Crippen molar-refractivity contribution in [1.82, 2.24) is 0 Å². The maximum absolute atomic E-state index is 16.4. The van der Waals surface area contributed by atoms with Crippen LogP contribution in [0.2, 0.25) is 0 Å². The molecule has 348 valence electrons. The van der Waals surface area contributed by atoms with Crippen molar-refractivity contribution in [3.05, 3.63) is 113 Å². The van der Waals surface area contributed by atoms with Gasteiger partial charge in [0, 0.05) is 28.0 Å². The smallest absolute Gasteiger partial charge is 0.333 e. The number of aryl methyl sites for hydroxylation is 3. The number of rotatable bonds is 26. The molecule has 10 heteroatoms. The Morgan fingerprint density at radius 1 is 0.688 bits per heavy atom. The quantitative estimate of drug-likeness (QED) is 0.0273. The first-order valence-electron chi connectivity index (χ1n) is 23.1. The Labute approximate surface area is 393 Å². The summed E-state index contributed by atoms with van der Waals surface area (Å²) in [7, 11) is 0. The summed E-state index contributed by atoms with van der Waals surface area (Å²) in [5.41, 5.74) is 7.32. The van der Waals surface area contributed by atoms with E-state index in [1.807, 2.05) is 18.2 Å². The maximum Gasteiger partial charge on any atom is 0.333 e. The Bertz CT molecular complexity index is 2070. The number of halogens is 1. The molecule has 1 aliphatic rings. The average molecular weight is 915 g/mol. The highest BCUT2D eigenvalue weighted by atomic mass is 32.1. The van der Waals surface area contributed by atoms with Crippen LogP contribution in [0.15, 0.2) is 85.0 Å². The van der Waals surface area contributed by atoms with E-state index in [-0.39, 0.29) is 49.1 Å². The summed E-state index contributed by atoms with van der Waals surface area (Å²) in [5.74, 6) is 0.875. The average Bonchev–Trinajstić information content (AvgIpc) is 3.29. The molecular weight excluding hydrogens is 844 g/mol. The molecule has 0 atom stereocenters. The van der Waals surface area contributed by atoms with Crippen molar-refractivity contribution in [2.75, 3.05) is 37.9 Å². The van der Waals surface area contributed by atoms with Crippen molar-refractivity contribution in [2.24, 2.45) is 11.3 Å². The second kappa shape index (κ2) is 26.0. The van der Waals surface area contributed by atoms with Gasteiger partial charge in [-0.1, -0.05) is 89.6 Å². The lowest BCUT2D eigenvalue weighted by atomic mass is 9.76. The fourth-order valence-corrected chi connectivity index (χ4v) is 8.69. The van der Waals surface area contributed by atoms with Crippen LogP contribution in [-0.2, 0) is 47.9 Å². The Morgan fingerprint density at radius 2 is 1.31 bits per heavy atom. The molecule has 0 unspecified atom stereocenters. The topological polar surface area (TPSA) is 88.1 Å². The van der Waals surface area contributed by atoms with Crippen molar-refractivity contribution >= 4 is 43.2 Å².